The zero-order chi connectivity index (χ0) is 13.8. The molecule has 0 bridgehead atoms. The van der Waals surface area contributed by atoms with Crippen LogP contribution in [-0.4, -0.2) is 23.7 Å². The molecule has 1 unspecified atom stereocenters. The molecule has 0 radical (unpaired) electrons. The van der Waals surface area contributed by atoms with E-state index in [-0.39, 0.29) is 11.5 Å². The number of rotatable bonds is 5. The van der Waals surface area contributed by atoms with Crippen LogP contribution in [0.5, 0.6) is 0 Å². The highest BCUT2D eigenvalue weighted by atomic mass is 35.5. The highest BCUT2D eigenvalue weighted by Gasteiger charge is 2.29. The van der Waals surface area contributed by atoms with Crippen molar-refractivity contribution in [3.63, 3.8) is 0 Å². The zero-order valence-corrected chi connectivity index (χ0v) is 12.4. The third-order valence-corrected chi connectivity index (χ3v) is 2.61. The van der Waals surface area contributed by atoms with Gasteiger partial charge in [-0.25, -0.2) is 9.97 Å². The Labute approximate surface area is 114 Å². The molecule has 1 rings (SSSR count). The van der Waals surface area contributed by atoms with E-state index in [1.807, 2.05) is 6.92 Å². The fourth-order valence-electron chi connectivity index (χ4n) is 1.70. The number of ether oxygens (including phenoxy) is 2. The van der Waals surface area contributed by atoms with E-state index < -0.39 is 0 Å². The van der Waals surface area contributed by atoms with Crippen LogP contribution in [0.3, 0.4) is 0 Å². The van der Waals surface area contributed by atoms with Gasteiger partial charge in [0.1, 0.15) is 11.3 Å². The van der Waals surface area contributed by atoms with Crippen molar-refractivity contribution in [2.24, 2.45) is 5.41 Å². The third kappa shape index (κ3) is 4.19. The van der Waals surface area contributed by atoms with Crippen LogP contribution < -0.4 is 0 Å². The lowest BCUT2D eigenvalue weighted by Crippen LogP contribution is -2.24. The maximum absolute atomic E-state index is 6.02. The molecule has 0 saturated heterocycles. The summed E-state index contributed by atoms with van der Waals surface area (Å²) in [5, 5.41) is 0.418. The van der Waals surface area contributed by atoms with Gasteiger partial charge >= 0.3 is 0 Å². The van der Waals surface area contributed by atoms with Crippen LogP contribution in [0.15, 0.2) is 6.07 Å². The molecule has 0 amide bonds. The summed E-state index contributed by atoms with van der Waals surface area (Å²) in [5.74, 6) is 0.615. The van der Waals surface area contributed by atoms with Gasteiger partial charge in [-0.15, -0.1) is 0 Å². The third-order valence-electron chi connectivity index (χ3n) is 2.41. The number of nitrogens with zero attached hydrogens (tertiary/aromatic N) is 2. The number of methoxy groups -OCH3 is 1. The average molecular weight is 273 g/mol. The van der Waals surface area contributed by atoms with Crippen LogP contribution >= 0.6 is 11.6 Å². The maximum Gasteiger partial charge on any atom is 0.159 e. The summed E-state index contributed by atoms with van der Waals surface area (Å²) in [4.78, 5) is 8.74. The second kappa shape index (κ2) is 6.45. The van der Waals surface area contributed by atoms with Crippen molar-refractivity contribution in [3.05, 3.63) is 22.7 Å². The minimum atomic E-state index is -0.184. The number of hydrogen-bond donors (Lipinski definition) is 0. The first-order valence-electron chi connectivity index (χ1n) is 6.02. The summed E-state index contributed by atoms with van der Waals surface area (Å²) in [6.07, 6.45) is -0.184. The van der Waals surface area contributed by atoms with E-state index in [1.54, 1.807) is 13.2 Å². The molecule has 4 nitrogen and oxygen atoms in total. The molecule has 0 fully saturated rings. The van der Waals surface area contributed by atoms with Crippen LogP contribution in [0.1, 0.15) is 45.3 Å². The van der Waals surface area contributed by atoms with Crippen molar-refractivity contribution in [3.8, 4) is 0 Å². The normalized spacial score (nSPS) is 13.7. The molecule has 0 aromatic carbocycles. The van der Waals surface area contributed by atoms with E-state index in [0.29, 0.717) is 24.2 Å². The Morgan fingerprint density at radius 2 is 2.00 bits per heavy atom. The fraction of sp³-hybridized carbons (Fsp3) is 0.692. The Hall–Kier alpha value is -0.710. The van der Waals surface area contributed by atoms with Crippen LogP contribution in [0.2, 0.25) is 5.15 Å². The minimum Gasteiger partial charge on any atom is -0.378 e. The second-order valence-corrected chi connectivity index (χ2v) is 5.56. The summed E-state index contributed by atoms with van der Waals surface area (Å²) in [6.45, 7) is 9.25. The van der Waals surface area contributed by atoms with Gasteiger partial charge in [0.15, 0.2) is 5.82 Å². The topological polar surface area (TPSA) is 44.2 Å². The van der Waals surface area contributed by atoms with Gasteiger partial charge in [-0.05, 0) is 18.4 Å². The van der Waals surface area contributed by atoms with Gasteiger partial charge in [0.2, 0.25) is 0 Å². The molecule has 18 heavy (non-hydrogen) atoms. The van der Waals surface area contributed by atoms with Crippen LogP contribution in [0, 0.1) is 5.41 Å². The SMILES string of the molecule is CCOC(c1nc(Cl)cc(COC)n1)C(C)(C)C. The number of aromatic nitrogens is 2. The van der Waals surface area contributed by atoms with E-state index >= 15 is 0 Å². The Morgan fingerprint density at radius 3 is 2.50 bits per heavy atom. The molecular formula is C13H21ClN2O2. The summed E-state index contributed by atoms with van der Waals surface area (Å²) >= 11 is 6.02. The van der Waals surface area contributed by atoms with Gasteiger partial charge in [-0.3, -0.25) is 0 Å². The lowest BCUT2D eigenvalue weighted by atomic mass is 9.88. The van der Waals surface area contributed by atoms with Crippen molar-refractivity contribution in [1.82, 2.24) is 9.97 Å². The standard InChI is InChI=1S/C13H21ClN2O2/c1-6-18-11(13(2,3)4)12-15-9(8-17-5)7-10(14)16-12/h7,11H,6,8H2,1-5H3. The van der Waals surface area contributed by atoms with Crippen LogP contribution in [0.25, 0.3) is 0 Å². The maximum atomic E-state index is 6.02. The molecule has 0 spiro atoms. The quantitative estimate of drug-likeness (QED) is 0.771. The van der Waals surface area contributed by atoms with Crippen molar-refractivity contribution in [1.29, 1.82) is 0 Å². The van der Waals surface area contributed by atoms with E-state index in [0.717, 1.165) is 5.69 Å². The van der Waals surface area contributed by atoms with Gasteiger partial charge in [-0.1, -0.05) is 32.4 Å². The molecule has 0 aliphatic heterocycles. The Bertz CT molecular complexity index is 391. The van der Waals surface area contributed by atoms with Crippen LogP contribution in [0.4, 0.5) is 0 Å². The van der Waals surface area contributed by atoms with Gasteiger partial charge in [-0.2, -0.15) is 0 Å². The van der Waals surface area contributed by atoms with E-state index in [9.17, 15) is 0 Å². The average Bonchev–Trinajstić information content (AvgIpc) is 2.23. The Kier molecular flexibility index (Phi) is 5.50. The molecular weight excluding hydrogens is 252 g/mol. The molecule has 102 valence electrons. The summed E-state index contributed by atoms with van der Waals surface area (Å²) in [7, 11) is 1.62. The van der Waals surface area contributed by atoms with E-state index in [4.69, 9.17) is 21.1 Å². The lowest BCUT2D eigenvalue weighted by molar-refractivity contribution is -0.0194. The Balaban J connectivity index is 3.11. The monoisotopic (exact) mass is 272 g/mol. The number of halogens is 1. The molecule has 5 heteroatoms. The summed E-state index contributed by atoms with van der Waals surface area (Å²) in [6, 6.07) is 1.71. The predicted molar refractivity (Wildman–Crippen MR) is 71.6 cm³/mol. The van der Waals surface area contributed by atoms with E-state index in [1.165, 1.54) is 0 Å². The van der Waals surface area contributed by atoms with Gasteiger partial charge in [0, 0.05) is 13.7 Å². The van der Waals surface area contributed by atoms with Crippen molar-refractivity contribution >= 4 is 11.6 Å². The van der Waals surface area contributed by atoms with Gasteiger partial charge < -0.3 is 9.47 Å². The molecule has 1 aromatic heterocycles. The lowest BCUT2D eigenvalue weighted by Gasteiger charge is -2.29. The molecule has 0 aliphatic carbocycles. The first kappa shape index (κ1) is 15.3. The Morgan fingerprint density at radius 1 is 1.33 bits per heavy atom. The molecule has 0 aliphatic rings. The smallest absolute Gasteiger partial charge is 0.159 e. The first-order chi connectivity index (χ1) is 8.38. The molecule has 1 heterocycles. The van der Waals surface area contributed by atoms with Crippen molar-refractivity contribution in [2.45, 2.75) is 40.4 Å². The van der Waals surface area contributed by atoms with Crippen molar-refractivity contribution in [2.75, 3.05) is 13.7 Å². The van der Waals surface area contributed by atoms with Gasteiger partial charge in [0.05, 0.1) is 12.3 Å². The van der Waals surface area contributed by atoms with Crippen molar-refractivity contribution < 1.29 is 9.47 Å². The van der Waals surface area contributed by atoms with Crippen LogP contribution in [-0.2, 0) is 16.1 Å². The number of hydrogen-bond acceptors (Lipinski definition) is 4. The van der Waals surface area contributed by atoms with Gasteiger partial charge in [0.25, 0.3) is 0 Å². The minimum absolute atomic E-state index is 0.0922. The largest absolute Gasteiger partial charge is 0.378 e. The second-order valence-electron chi connectivity index (χ2n) is 5.17. The molecule has 0 N–H and O–H groups in total. The molecule has 1 aromatic rings. The zero-order valence-electron chi connectivity index (χ0n) is 11.7. The highest BCUT2D eigenvalue weighted by Crippen LogP contribution is 2.34. The highest BCUT2D eigenvalue weighted by molar-refractivity contribution is 6.29. The molecule has 0 saturated carbocycles. The fourth-order valence-corrected chi connectivity index (χ4v) is 1.91. The molecule has 1 atom stereocenters. The summed E-state index contributed by atoms with van der Waals surface area (Å²) < 4.78 is 10.8. The van der Waals surface area contributed by atoms with E-state index in [2.05, 4.69) is 30.7 Å². The summed E-state index contributed by atoms with van der Waals surface area (Å²) in [5.41, 5.74) is 0.673. The first-order valence-corrected chi connectivity index (χ1v) is 6.40. The predicted octanol–water partition coefficient (Wildman–Crippen LogP) is 3.40.